The molecule has 1 aromatic carbocycles. The minimum absolute atomic E-state index is 0.882. The summed E-state index contributed by atoms with van der Waals surface area (Å²) >= 11 is 1.77. The summed E-state index contributed by atoms with van der Waals surface area (Å²) in [6, 6.07) is 14.6. The first-order valence-corrected chi connectivity index (χ1v) is 8.18. The van der Waals surface area contributed by atoms with Gasteiger partial charge in [0.1, 0.15) is 0 Å². The van der Waals surface area contributed by atoms with Gasteiger partial charge < -0.3 is 0 Å². The van der Waals surface area contributed by atoms with E-state index < -0.39 is 0 Å². The molecule has 0 unspecified atom stereocenters. The average Bonchev–Trinajstić information content (AvgIpc) is 2.99. The van der Waals surface area contributed by atoms with Crippen LogP contribution in [0.15, 0.2) is 67.3 Å². The predicted octanol–water partition coefficient (Wildman–Crippen LogP) is 5.06. The zero-order valence-electron chi connectivity index (χ0n) is 12.1. The molecule has 23 heavy (non-hydrogen) atoms. The second-order valence-corrected chi connectivity index (χ2v) is 6.50. The Morgan fingerprint density at radius 2 is 1.65 bits per heavy atom. The normalized spacial score (nSPS) is 11.5. The lowest BCUT2D eigenvalue weighted by Gasteiger charge is -2.04. The Morgan fingerprint density at radius 3 is 2.65 bits per heavy atom. The third-order valence-electron chi connectivity index (χ3n) is 4.07. The molecule has 0 bridgehead atoms. The van der Waals surface area contributed by atoms with E-state index in [1.165, 1.54) is 20.2 Å². The van der Waals surface area contributed by atoms with Gasteiger partial charge >= 0.3 is 0 Å². The molecule has 4 heterocycles. The zero-order valence-corrected chi connectivity index (χ0v) is 12.9. The number of rotatable bonds is 1. The summed E-state index contributed by atoms with van der Waals surface area (Å²) < 4.78 is 2.49. The van der Waals surface area contributed by atoms with E-state index in [9.17, 15) is 0 Å². The number of pyridine rings is 3. The first-order valence-electron chi connectivity index (χ1n) is 7.36. The third kappa shape index (κ3) is 1.92. The number of thiophene rings is 1. The SMILES string of the molecule is c1ccc2c(c1)sc1cnc(-c3nccc4ccncc34)cc12. The van der Waals surface area contributed by atoms with E-state index in [0.29, 0.717) is 0 Å². The van der Waals surface area contributed by atoms with E-state index >= 15 is 0 Å². The largest absolute Gasteiger partial charge is 0.264 e. The zero-order chi connectivity index (χ0) is 15.2. The van der Waals surface area contributed by atoms with Gasteiger partial charge in [-0.15, -0.1) is 11.3 Å². The number of hydrogen-bond donors (Lipinski definition) is 0. The molecule has 0 atom stereocenters. The molecule has 0 radical (unpaired) electrons. The van der Waals surface area contributed by atoms with E-state index in [4.69, 9.17) is 0 Å². The molecule has 0 amide bonds. The highest BCUT2D eigenvalue weighted by Gasteiger charge is 2.10. The van der Waals surface area contributed by atoms with Crippen molar-refractivity contribution in [2.45, 2.75) is 0 Å². The Morgan fingerprint density at radius 1 is 0.739 bits per heavy atom. The lowest BCUT2D eigenvalue weighted by molar-refractivity contribution is 1.27. The summed E-state index contributed by atoms with van der Waals surface area (Å²) in [5, 5.41) is 4.66. The molecule has 0 aliphatic carbocycles. The van der Waals surface area contributed by atoms with Crippen molar-refractivity contribution in [2.24, 2.45) is 0 Å². The van der Waals surface area contributed by atoms with Gasteiger partial charge in [0.2, 0.25) is 0 Å². The van der Waals surface area contributed by atoms with Gasteiger partial charge in [-0.3, -0.25) is 15.0 Å². The van der Waals surface area contributed by atoms with Crippen molar-refractivity contribution in [3.05, 3.63) is 67.3 Å². The molecular formula is C19H11N3S. The predicted molar refractivity (Wildman–Crippen MR) is 95.7 cm³/mol. The molecule has 108 valence electrons. The molecule has 0 saturated carbocycles. The van der Waals surface area contributed by atoms with Gasteiger partial charge in [-0.2, -0.15) is 0 Å². The minimum Gasteiger partial charge on any atom is -0.264 e. The number of benzene rings is 1. The Kier molecular flexibility index (Phi) is 2.66. The van der Waals surface area contributed by atoms with Crippen LogP contribution < -0.4 is 0 Å². The fraction of sp³-hybridized carbons (Fsp3) is 0. The Balaban J connectivity index is 1.84. The van der Waals surface area contributed by atoms with E-state index in [1.807, 2.05) is 30.7 Å². The van der Waals surface area contributed by atoms with E-state index in [2.05, 4.69) is 45.3 Å². The highest BCUT2D eigenvalue weighted by molar-refractivity contribution is 7.25. The van der Waals surface area contributed by atoms with Gasteiger partial charge in [0.05, 0.1) is 16.1 Å². The molecule has 0 aliphatic heterocycles. The summed E-state index contributed by atoms with van der Waals surface area (Å²) in [6.07, 6.45) is 7.44. The molecule has 0 aliphatic rings. The maximum atomic E-state index is 4.64. The van der Waals surface area contributed by atoms with Crippen LogP contribution in [0.2, 0.25) is 0 Å². The summed E-state index contributed by atoms with van der Waals surface area (Å²) in [4.78, 5) is 13.4. The molecule has 5 aromatic rings. The summed E-state index contributed by atoms with van der Waals surface area (Å²) in [7, 11) is 0. The van der Waals surface area contributed by atoms with Gasteiger partial charge in [-0.1, -0.05) is 18.2 Å². The second-order valence-electron chi connectivity index (χ2n) is 5.42. The van der Waals surface area contributed by atoms with Crippen molar-refractivity contribution in [3.63, 3.8) is 0 Å². The van der Waals surface area contributed by atoms with Crippen LogP contribution in [0.1, 0.15) is 0 Å². The molecule has 4 aromatic heterocycles. The average molecular weight is 313 g/mol. The van der Waals surface area contributed by atoms with Crippen molar-refractivity contribution < 1.29 is 0 Å². The summed E-state index contributed by atoms with van der Waals surface area (Å²) in [6.45, 7) is 0. The summed E-state index contributed by atoms with van der Waals surface area (Å²) in [5.41, 5.74) is 1.77. The first kappa shape index (κ1) is 12.7. The smallest absolute Gasteiger partial charge is 0.0980 e. The van der Waals surface area contributed by atoms with Crippen LogP contribution in [0.3, 0.4) is 0 Å². The van der Waals surface area contributed by atoms with Crippen molar-refractivity contribution in [1.82, 2.24) is 15.0 Å². The Bertz CT molecular complexity index is 1170. The third-order valence-corrected chi connectivity index (χ3v) is 5.20. The summed E-state index contributed by atoms with van der Waals surface area (Å²) in [5.74, 6) is 0. The number of aromatic nitrogens is 3. The molecule has 0 fully saturated rings. The lowest BCUT2D eigenvalue weighted by atomic mass is 10.1. The van der Waals surface area contributed by atoms with Gasteiger partial charge in [0.25, 0.3) is 0 Å². The Labute approximate surface area is 136 Å². The van der Waals surface area contributed by atoms with Gasteiger partial charge in [-0.05, 0) is 29.7 Å². The lowest BCUT2D eigenvalue weighted by Crippen LogP contribution is -1.89. The van der Waals surface area contributed by atoms with Gasteiger partial charge in [-0.25, -0.2) is 0 Å². The van der Waals surface area contributed by atoms with Gasteiger partial charge in [0.15, 0.2) is 0 Å². The maximum Gasteiger partial charge on any atom is 0.0980 e. The standard InChI is InChI=1S/C19H11N3S/c1-2-4-17-13(3-1)14-9-16(22-11-18(14)23-17)19-15-10-20-7-5-12(15)6-8-21-19/h1-11H. The first-order chi connectivity index (χ1) is 11.4. The fourth-order valence-corrected chi connectivity index (χ4v) is 4.03. The van der Waals surface area contributed by atoms with E-state index in [-0.39, 0.29) is 0 Å². The quantitative estimate of drug-likeness (QED) is 0.434. The van der Waals surface area contributed by atoms with Crippen LogP contribution in [0, 0.1) is 0 Å². The fourth-order valence-electron chi connectivity index (χ4n) is 2.97. The van der Waals surface area contributed by atoms with Crippen LogP contribution >= 0.6 is 11.3 Å². The van der Waals surface area contributed by atoms with Crippen molar-refractivity contribution in [2.75, 3.05) is 0 Å². The molecule has 0 saturated heterocycles. The Hall–Kier alpha value is -2.85. The maximum absolute atomic E-state index is 4.64. The topological polar surface area (TPSA) is 38.7 Å². The molecule has 0 N–H and O–H groups in total. The molecular weight excluding hydrogens is 302 g/mol. The van der Waals surface area contributed by atoms with Crippen molar-refractivity contribution >= 4 is 42.3 Å². The van der Waals surface area contributed by atoms with Crippen molar-refractivity contribution in [3.8, 4) is 11.4 Å². The minimum atomic E-state index is 0.882. The van der Waals surface area contributed by atoms with E-state index in [1.54, 1.807) is 17.5 Å². The molecule has 0 spiro atoms. The van der Waals surface area contributed by atoms with Crippen LogP contribution in [-0.4, -0.2) is 15.0 Å². The highest BCUT2D eigenvalue weighted by atomic mass is 32.1. The van der Waals surface area contributed by atoms with Crippen molar-refractivity contribution in [1.29, 1.82) is 0 Å². The highest BCUT2D eigenvalue weighted by Crippen LogP contribution is 2.35. The van der Waals surface area contributed by atoms with Crippen LogP contribution in [-0.2, 0) is 0 Å². The number of nitrogens with zero attached hydrogens (tertiary/aromatic N) is 3. The second kappa shape index (κ2) is 4.83. The van der Waals surface area contributed by atoms with Crippen LogP contribution in [0.4, 0.5) is 0 Å². The monoisotopic (exact) mass is 313 g/mol. The van der Waals surface area contributed by atoms with E-state index in [0.717, 1.165) is 22.2 Å². The molecule has 4 heteroatoms. The van der Waals surface area contributed by atoms with Crippen LogP contribution in [0.5, 0.6) is 0 Å². The number of fused-ring (bicyclic) bond motifs is 4. The van der Waals surface area contributed by atoms with Crippen LogP contribution in [0.25, 0.3) is 42.3 Å². The molecule has 5 rings (SSSR count). The van der Waals surface area contributed by atoms with Gasteiger partial charge in [0, 0.05) is 45.6 Å². The number of hydrogen-bond acceptors (Lipinski definition) is 4. The molecule has 3 nitrogen and oxygen atoms in total.